The first-order valence-corrected chi connectivity index (χ1v) is 32.3. The van der Waals surface area contributed by atoms with Crippen LogP contribution in [-0.4, -0.2) is 70.2 Å². The second-order valence-corrected chi connectivity index (χ2v) is 24.1. The lowest BCUT2D eigenvalue weighted by Gasteiger charge is -2.37. The number of aliphatic carboxylic acids is 1. The van der Waals surface area contributed by atoms with E-state index in [0.717, 1.165) is 82.5 Å². The third-order valence-corrected chi connectivity index (χ3v) is 17.1. The smallest absolute Gasteiger partial charge is 0.314 e. The maximum atomic E-state index is 13.1. The molecule has 3 aliphatic rings. The van der Waals surface area contributed by atoms with E-state index >= 15 is 0 Å². The lowest BCUT2D eigenvalue weighted by molar-refractivity contribution is -0.152. The molecule has 0 aliphatic carbocycles. The van der Waals surface area contributed by atoms with E-state index in [1.165, 1.54) is 161 Å². The summed E-state index contributed by atoms with van der Waals surface area (Å²) in [5, 5.41) is 25.4. The van der Waals surface area contributed by atoms with Crippen molar-refractivity contribution in [3.63, 3.8) is 0 Å². The Morgan fingerprint density at radius 3 is 1.14 bits per heavy atom. The largest absolute Gasteiger partial charge is 0.507 e. The summed E-state index contributed by atoms with van der Waals surface area (Å²) in [6, 6.07) is 0. The Morgan fingerprint density at radius 2 is 0.807 bits per heavy atom. The molecule has 4 N–H and O–H groups in total. The van der Waals surface area contributed by atoms with E-state index in [1.54, 1.807) is 0 Å². The van der Waals surface area contributed by atoms with Gasteiger partial charge in [0.15, 0.2) is 11.2 Å². The normalized spacial score (nSPS) is 16.7. The van der Waals surface area contributed by atoms with Gasteiger partial charge in [0, 0.05) is 37.1 Å². The Kier molecular flexibility index (Phi) is 35.8. The van der Waals surface area contributed by atoms with Crippen molar-refractivity contribution in [2.24, 2.45) is 0 Å². The van der Waals surface area contributed by atoms with Crippen molar-refractivity contribution >= 4 is 35.7 Å². The molecule has 2 aromatic rings. The van der Waals surface area contributed by atoms with Crippen LogP contribution in [0.1, 0.15) is 298 Å². The minimum atomic E-state index is -1.03. The molecule has 3 aliphatic heterocycles. The Labute approximate surface area is 501 Å². The van der Waals surface area contributed by atoms with E-state index in [2.05, 4.69) is 29.2 Å². The number of benzene rings is 2. The van der Waals surface area contributed by atoms with Crippen LogP contribution in [0.2, 0.25) is 0 Å². The number of esters is 3. The third-order valence-electron chi connectivity index (χ3n) is 17.1. The van der Waals surface area contributed by atoms with Gasteiger partial charge in [-0.05, 0) is 114 Å². The monoisotopic (exact) mass is 1160 g/mol. The first-order valence-electron chi connectivity index (χ1n) is 32.3. The first-order chi connectivity index (χ1) is 39.2. The van der Waals surface area contributed by atoms with Crippen LogP contribution in [0.5, 0.6) is 23.0 Å². The summed E-state index contributed by atoms with van der Waals surface area (Å²) in [4.78, 5) is 69.1. The van der Waals surface area contributed by atoms with Crippen LogP contribution in [0.3, 0.4) is 0 Å². The number of carbonyl (C=O) groups excluding carboxylic acids is 5. The molecule has 0 bridgehead atoms. The molecule has 472 valence electrons. The molecule has 2 atom stereocenters. The van der Waals surface area contributed by atoms with E-state index in [-0.39, 0.29) is 44.9 Å². The molecule has 2 amide bonds. The number of unbranched alkanes of at least 4 members (excludes halogenated alkanes) is 26. The molecule has 0 aromatic heterocycles. The summed E-state index contributed by atoms with van der Waals surface area (Å²) in [5.74, 6) is -0.215. The van der Waals surface area contributed by atoms with Gasteiger partial charge in [-0.25, -0.2) is 0 Å². The number of hydrogen-bond donors (Lipinski definition) is 4. The van der Waals surface area contributed by atoms with Gasteiger partial charge in [-0.1, -0.05) is 188 Å². The van der Waals surface area contributed by atoms with Crippen LogP contribution in [0, 0.1) is 41.5 Å². The zero-order valence-electron chi connectivity index (χ0n) is 52.8. The topological polar surface area (TPSA) is 204 Å². The maximum Gasteiger partial charge on any atom is 0.314 e. The molecule has 83 heavy (non-hydrogen) atoms. The highest BCUT2D eigenvalue weighted by Gasteiger charge is 2.42. The average molecular weight is 1160 g/mol. The summed E-state index contributed by atoms with van der Waals surface area (Å²) in [6.45, 7) is 21.1. The fourth-order valence-corrected chi connectivity index (χ4v) is 11.2. The summed E-state index contributed by atoms with van der Waals surface area (Å²) >= 11 is 0. The third kappa shape index (κ3) is 25.9. The molecule has 0 unspecified atom stereocenters. The highest BCUT2D eigenvalue weighted by Crippen LogP contribution is 2.45. The van der Waals surface area contributed by atoms with E-state index < -0.39 is 35.1 Å². The molecular formula is C69H114N2O12. The van der Waals surface area contributed by atoms with Crippen LogP contribution in [-0.2, 0) is 46.3 Å². The fourth-order valence-electron chi connectivity index (χ4n) is 11.2. The molecule has 2 aromatic carbocycles. The lowest BCUT2D eigenvalue weighted by Crippen LogP contribution is -2.51. The number of carboxylic acid groups (broad SMARTS) is 1. The number of cyclic esters (lactones) is 2. The van der Waals surface area contributed by atoms with Gasteiger partial charge >= 0.3 is 23.9 Å². The number of carboxylic acids is 1. The van der Waals surface area contributed by atoms with E-state index in [9.17, 15) is 33.9 Å². The Bertz CT molecular complexity index is 2310. The molecule has 5 rings (SSSR count). The zero-order chi connectivity index (χ0) is 60.5. The van der Waals surface area contributed by atoms with Crippen LogP contribution < -0.4 is 24.8 Å². The molecule has 1 saturated heterocycles. The van der Waals surface area contributed by atoms with E-state index in [4.69, 9.17) is 19.3 Å². The molecule has 14 heteroatoms. The van der Waals surface area contributed by atoms with Gasteiger partial charge in [0.05, 0.1) is 25.7 Å². The second-order valence-electron chi connectivity index (χ2n) is 24.1. The standard InChI is InChI=1S/C34H55NO6.C30H51NO3.C4H4O3.CH4/c1-6-7-8-9-10-11-12-13-14-15-16-17-18-19-24-35-33(39)34(5)23-22-28-27(4)31(25(2)26(3)32(28)41-34)40-30(38)21-20-29(36)37;1-6-7-8-9-10-11-12-13-14-15-16-17-18-19-22-31-29(33)30(5)21-20-26-25(4)27(32)23(2)24(3)28(26)34-30;5-3-1-2-4(6)7-3;/h6-24H2,1-5H3,(H,35,39)(H,36,37);32H,6-22H2,1-5H3,(H,31,33);1-2H2;1H4/t34-;30-;;/m11../s1. The fraction of sp³-hybridized carbons (Fsp3) is 0.739. The quantitative estimate of drug-likeness (QED) is 0.0218. The molecular weight excluding hydrogens is 1050 g/mol. The SMILES string of the molecule is C.CCCCCCCCCCCCCCCCNC(=O)[C@@]1(C)CCc2c(C)c(O)c(C)c(C)c2O1.CCCCCCCCCCCCCCCCNC(=O)[C@@]1(C)CCc2c(C)c(OC(=O)CCC(=O)O)c(C)c(C)c2O1.O=C1CCC(=O)O1. The summed E-state index contributed by atoms with van der Waals surface area (Å²) < 4.78 is 22.3. The number of phenols is 1. The number of rotatable bonds is 36. The number of fused-ring (bicyclic) bond motifs is 2. The summed E-state index contributed by atoms with van der Waals surface area (Å²) in [5.41, 5.74) is 5.22. The zero-order valence-corrected chi connectivity index (χ0v) is 52.8. The maximum absolute atomic E-state index is 13.1. The first kappa shape index (κ1) is 74.0. The molecule has 1 fully saturated rings. The van der Waals surface area contributed by atoms with Crippen LogP contribution in [0.4, 0.5) is 0 Å². The molecule has 3 heterocycles. The van der Waals surface area contributed by atoms with Gasteiger partial charge in [0.1, 0.15) is 23.0 Å². The Balaban J connectivity index is 0.000000506. The highest BCUT2D eigenvalue weighted by atomic mass is 16.6. The van der Waals surface area contributed by atoms with Gasteiger partial charge in [-0.15, -0.1) is 0 Å². The number of amides is 2. The van der Waals surface area contributed by atoms with Gasteiger partial charge in [-0.2, -0.15) is 0 Å². The van der Waals surface area contributed by atoms with Gasteiger partial charge < -0.3 is 39.8 Å². The molecule has 0 saturated carbocycles. The highest BCUT2D eigenvalue weighted by molar-refractivity contribution is 5.92. The van der Waals surface area contributed by atoms with E-state index in [1.807, 2.05) is 55.4 Å². The van der Waals surface area contributed by atoms with Gasteiger partial charge in [-0.3, -0.25) is 28.8 Å². The predicted octanol–water partition coefficient (Wildman–Crippen LogP) is 16.5. The second kappa shape index (κ2) is 40.2. The lowest BCUT2D eigenvalue weighted by atomic mass is 9.86. The Morgan fingerprint density at radius 1 is 0.470 bits per heavy atom. The number of ether oxygens (including phenoxy) is 4. The van der Waals surface area contributed by atoms with Crippen molar-refractivity contribution in [1.82, 2.24) is 10.6 Å². The number of aromatic hydroxyl groups is 1. The van der Waals surface area contributed by atoms with Crippen molar-refractivity contribution in [3.8, 4) is 23.0 Å². The van der Waals surface area contributed by atoms with Crippen molar-refractivity contribution in [1.29, 1.82) is 0 Å². The summed E-state index contributed by atoms with van der Waals surface area (Å²) in [7, 11) is 0. The molecule has 0 radical (unpaired) electrons. The van der Waals surface area contributed by atoms with Gasteiger partial charge in [0.25, 0.3) is 11.8 Å². The number of phenolic OH excluding ortho intramolecular Hbond substituents is 1. The predicted molar refractivity (Wildman–Crippen MR) is 334 cm³/mol. The van der Waals surface area contributed by atoms with Crippen molar-refractivity contribution in [3.05, 3.63) is 44.5 Å². The number of nitrogens with one attached hydrogen (secondary N) is 2. The minimum Gasteiger partial charge on any atom is -0.507 e. The van der Waals surface area contributed by atoms with Crippen molar-refractivity contribution < 1.29 is 57.9 Å². The van der Waals surface area contributed by atoms with Crippen LogP contribution >= 0.6 is 0 Å². The average Bonchev–Trinajstić information content (AvgIpc) is 4.01. The number of carbonyl (C=O) groups is 6. The van der Waals surface area contributed by atoms with Crippen LogP contribution in [0.25, 0.3) is 0 Å². The Hall–Kier alpha value is -5.14. The summed E-state index contributed by atoms with van der Waals surface area (Å²) in [6.07, 6.45) is 39.6. The van der Waals surface area contributed by atoms with Crippen LogP contribution in [0.15, 0.2) is 0 Å². The van der Waals surface area contributed by atoms with Crippen molar-refractivity contribution in [2.45, 2.75) is 319 Å². The van der Waals surface area contributed by atoms with Gasteiger partial charge in [0.2, 0.25) is 0 Å². The molecule has 14 nitrogen and oxygen atoms in total. The number of hydrogen-bond acceptors (Lipinski definition) is 11. The minimum absolute atomic E-state index is 0. The van der Waals surface area contributed by atoms with E-state index in [0.29, 0.717) is 43.1 Å². The van der Waals surface area contributed by atoms with Crippen molar-refractivity contribution in [2.75, 3.05) is 13.1 Å². The molecule has 0 spiro atoms.